The van der Waals surface area contributed by atoms with Crippen LogP contribution in [-0.2, 0) is 0 Å². The Labute approximate surface area is 323 Å². The highest BCUT2D eigenvalue weighted by atomic mass is 16.3. The van der Waals surface area contributed by atoms with Gasteiger partial charge in [-0.1, -0.05) is 146 Å². The topological polar surface area (TPSA) is 43.9 Å². The maximum absolute atomic E-state index is 6.85. The molecule has 11 aromatic rings. The van der Waals surface area contributed by atoms with Gasteiger partial charge in [-0.15, -0.1) is 0 Å². The third-order valence-electron chi connectivity index (χ3n) is 10.8. The lowest BCUT2D eigenvalue weighted by atomic mass is 9.93. The molecule has 0 spiro atoms. The second-order valence-electron chi connectivity index (χ2n) is 14.2. The Balaban J connectivity index is 1.11. The van der Waals surface area contributed by atoms with Crippen molar-refractivity contribution in [2.24, 2.45) is 0 Å². The summed E-state index contributed by atoms with van der Waals surface area (Å²) in [6, 6.07) is 70.1. The van der Waals surface area contributed by atoms with Gasteiger partial charge in [0.15, 0.2) is 5.82 Å². The van der Waals surface area contributed by atoms with Gasteiger partial charge in [-0.25, -0.2) is 9.97 Å². The maximum atomic E-state index is 6.85. The Morgan fingerprint density at radius 1 is 0.357 bits per heavy atom. The van der Waals surface area contributed by atoms with Crippen LogP contribution in [0.2, 0.25) is 0 Å². The van der Waals surface area contributed by atoms with E-state index in [2.05, 4.69) is 168 Å². The van der Waals surface area contributed by atoms with Gasteiger partial charge in [0.2, 0.25) is 0 Å². The van der Waals surface area contributed by atoms with Gasteiger partial charge in [0, 0.05) is 50.0 Å². The molecule has 0 radical (unpaired) electrons. The van der Waals surface area contributed by atoms with Crippen molar-refractivity contribution >= 4 is 43.7 Å². The molecule has 0 bridgehead atoms. The van der Waals surface area contributed by atoms with Crippen LogP contribution in [0.4, 0.5) is 0 Å². The average Bonchev–Trinajstić information content (AvgIpc) is 3.82. The molecule has 0 aliphatic rings. The van der Waals surface area contributed by atoms with Crippen LogP contribution in [0.25, 0.3) is 106 Å². The van der Waals surface area contributed by atoms with Gasteiger partial charge in [0.05, 0.1) is 22.4 Å². The molecule has 0 aliphatic heterocycles. The van der Waals surface area contributed by atoms with Crippen molar-refractivity contribution in [1.29, 1.82) is 0 Å². The standard InChI is InChI=1S/C52H33N3O/c1-4-15-34(16-5-1)39-30-44(37-21-14-22-38(29-37)52-53-45(35-17-6-2-7-18-35)33-46(54-52)36-19-8-3-9-20-36)51-43-28-27-40(32-49(43)56-50(51)31-39)55-47-25-12-10-23-41(47)42-24-11-13-26-48(42)55/h1-33H. The number of para-hydroxylation sites is 2. The molecule has 3 aromatic heterocycles. The summed E-state index contributed by atoms with van der Waals surface area (Å²) in [6.07, 6.45) is 0. The number of nitrogens with zero attached hydrogens (tertiary/aromatic N) is 3. The van der Waals surface area contributed by atoms with E-state index < -0.39 is 0 Å². The van der Waals surface area contributed by atoms with Gasteiger partial charge in [0.1, 0.15) is 11.2 Å². The molecule has 0 amide bonds. The van der Waals surface area contributed by atoms with E-state index in [4.69, 9.17) is 14.4 Å². The number of rotatable bonds is 6. The largest absolute Gasteiger partial charge is 0.456 e. The summed E-state index contributed by atoms with van der Waals surface area (Å²) in [5.41, 5.74) is 14.3. The van der Waals surface area contributed by atoms with Crippen molar-refractivity contribution < 1.29 is 4.42 Å². The van der Waals surface area contributed by atoms with Crippen LogP contribution in [0.3, 0.4) is 0 Å². The molecule has 8 aromatic carbocycles. The SMILES string of the molecule is c1ccc(-c2cc(-c3cccc(-c4nc(-c5ccccc5)cc(-c5ccccc5)n4)c3)c3c(c2)oc2cc(-n4c5ccccc5c5ccccc54)ccc23)cc1. The quantitative estimate of drug-likeness (QED) is 0.172. The van der Waals surface area contributed by atoms with Crippen LogP contribution in [-0.4, -0.2) is 14.5 Å². The summed E-state index contributed by atoms with van der Waals surface area (Å²) < 4.78 is 9.18. The monoisotopic (exact) mass is 715 g/mol. The first-order chi connectivity index (χ1) is 27.7. The lowest BCUT2D eigenvalue weighted by molar-refractivity contribution is 0.669. The van der Waals surface area contributed by atoms with Crippen molar-refractivity contribution in [1.82, 2.24) is 14.5 Å². The number of fused-ring (bicyclic) bond motifs is 6. The molecule has 11 rings (SSSR count). The van der Waals surface area contributed by atoms with Crippen LogP contribution < -0.4 is 0 Å². The second-order valence-corrected chi connectivity index (χ2v) is 14.2. The number of hydrogen-bond acceptors (Lipinski definition) is 3. The lowest BCUT2D eigenvalue weighted by Gasteiger charge is -2.12. The zero-order valence-electron chi connectivity index (χ0n) is 30.3. The predicted octanol–water partition coefficient (Wildman–Crippen LogP) is 13.8. The highest BCUT2D eigenvalue weighted by Crippen LogP contribution is 2.42. The number of benzene rings is 8. The molecule has 0 aliphatic carbocycles. The van der Waals surface area contributed by atoms with Crippen molar-refractivity contribution in [3.05, 3.63) is 200 Å². The van der Waals surface area contributed by atoms with Crippen LogP contribution in [0.1, 0.15) is 0 Å². The van der Waals surface area contributed by atoms with Gasteiger partial charge in [-0.05, 0) is 70.8 Å². The Hall–Kier alpha value is -7.56. The average molecular weight is 716 g/mol. The van der Waals surface area contributed by atoms with E-state index in [1.165, 1.54) is 21.8 Å². The molecule has 0 N–H and O–H groups in total. The molecule has 0 fully saturated rings. The van der Waals surface area contributed by atoms with E-state index >= 15 is 0 Å². The van der Waals surface area contributed by atoms with E-state index in [1.54, 1.807) is 0 Å². The predicted molar refractivity (Wildman–Crippen MR) is 231 cm³/mol. The molecule has 3 heterocycles. The number of aromatic nitrogens is 3. The Morgan fingerprint density at radius 3 is 1.55 bits per heavy atom. The summed E-state index contributed by atoms with van der Waals surface area (Å²) in [4.78, 5) is 10.3. The smallest absolute Gasteiger partial charge is 0.160 e. The molecule has 0 atom stereocenters. The van der Waals surface area contributed by atoms with Gasteiger partial charge in [-0.3, -0.25) is 0 Å². The minimum absolute atomic E-state index is 0.676. The summed E-state index contributed by atoms with van der Waals surface area (Å²) >= 11 is 0. The van der Waals surface area contributed by atoms with E-state index in [9.17, 15) is 0 Å². The van der Waals surface area contributed by atoms with Crippen LogP contribution in [0.15, 0.2) is 205 Å². The number of hydrogen-bond donors (Lipinski definition) is 0. The van der Waals surface area contributed by atoms with Crippen molar-refractivity contribution in [2.75, 3.05) is 0 Å². The highest BCUT2D eigenvalue weighted by Gasteiger charge is 2.19. The Morgan fingerprint density at radius 2 is 0.911 bits per heavy atom. The normalized spacial score (nSPS) is 11.6. The fourth-order valence-electron chi connectivity index (χ4n) is 8.17. The third kappa shape index (κ3) is 5.39. The van der Waals surface area contributed by atoms with Crippen molar-refractivity contribution in [3.63, 3.8) is 0 Å². The molecule has 0 saturated heterocycles. The van der Waals surface area contributed by atoms with Gasteiger partial charge >= 0.3 is 0 Å². The van der Waals surface area contributed by atoms with Crippen LogP contribution >= 0.6 is 0 Å². The fourth-order valence-corrected chi connectivity index (χ4v) is 8.17. The van der Waals surface area contributed by atoms with E-state index in [0.29, 0.717) is 5.82 Å². The van der Waals surface area contributed by atoms with Gasteiger partial charge in [-0.2, -0.15) is 0 Å². The molecule has 262 valence electrons. The molecular formula is C52H33N3O. The van der Waals surface area contributed by atoms with E-state index in [-0.39, 0.29) is 0 Å². The zero-order chi connectivity index (χ0) is 37.0. The van der Waals surface area contributed by atoms with Crippen molar-refractivity contribution in [3.8, 4) is 61.8 Å². The Kier molecular flexibility index (Phi) is 7.46. The van der Waals surface area contributed by atoms with E-state index in [0.717, 1.165) is 78.0 Å². The molecular weight excluding hydrogens is 683 g/mol. The lowest BCUT2D eigenvalue weighted by Crippen LogP contribution is -1.96. The van der Waals surface area contributed by atoms with Crippen LogP contribution in [0, 0.1) is 0 Å². The maximum Gasteiger partial charge on any atom is 0.160 e. The second kappa shape index (κ2) is 13.1. The number of furan rings is 1. The van der Waals surface area contributed by atoms with Crippen LogP contribution in [0.5, 0.6) is 0 Å². The van der Waals surface area contributed by atoms with E-state index in [1.807, 2.05) is 36.4 Å². The molecule has 0 saturated carbocycles. The third-order valence-corrected chi connectivity index (χ3v) is 10.8. The molecule has 56 heavy (non-hydrogen) atoms. The first kappa shape index (κ1) is 31.9. The zero-order valence-corrected chi connectivity index (χ0v) is 30.3. The van der Waals surface area contributed by atoms with Gasteiger partial charge in [0.25, 0.3) is 0 Å². The fraction of sp³-hybridized carbons (Fsp3) is 0. The minimum Gasteiger partial charge on any atom is -0.456 e. The summed E-state index contributed by atoms with van der Waals surface area (Å²) in [5, 5.41) is 4.61. The highest BCUT2D eigenvalue weighted by molar-refractivity contribution is 6.15. The summed E-state index contributed by atoms with van der Waals surface area (Å²) in [6.45, 7) is 0. The first-order valence-corrected chi connectivity index (χ1v) is 18.9. The molecule has 4 nitrogen and oxygen atoms in total. The molecule has 4 heteroatoms. The summed E-state index contributed by atoms with van der Waals surface area (Å²) in [5.74, 6) is 0.676. The summed E-state index contributed by atoms with van der Waals surface area (Å²) in [7, 11) is 0. The molecule has 0 unspecified atom stereocenters. The Bertz CT molecular complexity index is 3120. The first-order valence-electron chi connectivity index (χ1n) is 18.9. The minimum atomic E-state index is 0.676. The van der Waals surface area contributed by atoms with Crippen molar-refractivity contribution in [2.45, 2.75) is 0 Å². The van der Waals surface area contributed by atoms with Gasteiger partial charge < -0.3 is 8.98 Å².